The third-order valence-corrected chi connectivity index (χ3v) is 6.23. The smallest absolute Gasteiger partial charge is 0.348 e. The van der Waals surface area contributed by atoms with Crippen LogP contribution in [0.5, 0.6) is 0 Å². The summed E-state index contributed by atoms with van der Waals surface area (Å²) in [7, 11) is 0. The number of alkyl halides is 3. The largest absolute Gasteiger partial charge is 0.416 e. The van der Waals surface area contributed by atoms with Crippen LogP contribution in [0, 0.1) is 11.7 Å². The van der Waals surface area contributed by atoms with Gasteiger partial charge >= 0.3 is 6.18 Å². The molecule has 6 heteroatoms. The van der Waals surface area contributed by atoms with E-state index in [4.69, 9.17) is 9.47 Å². The predicted molar refractivity (Wildman–Crippen MR) is 120 cm³/mol. The summed E-state index contributed by atoms with van der Waals surface area (Å²) in [5.41, 5.74) is 1.47. The average Bonchev–Trinajstić information content (AvgIpc) is 2.82. The number of hydrogen-bond acceptors (Lipinski definition) is 2. The van der Waals surface area contributed by atoms with Gasteiger partial charge in [0.15, 0.2) is 6.29 Å². The zero-order chi connectivity index (χ0) is 23.4. The number of hydrogen-bond donors (Lipinski definition) is 0. The minimum Gasteiger partial charge on any atom is -0.348 e. The normalized spacial score (nSPS) is 19.2. The van der Waals surface area contributed by atoms with E-state index in [0.717, 1.165) is 41.5 Å². The number of rotatable bonds is 7. The van der Waals surface area contributed by atoms with Crippen molar-refractivity contribution in [3.8, 4) is 0 Å². The molecule has 0 aromatic heterocycles. The number of fused-ring (bicyclic) bond motifs is 1. The summed E-state index contributed by atoms with van der Waals surface area (Å²) in [4.78, 5) is 0. The standard InChI is InChI=1S/C27H28F4O2/c1-2-3-4-19-16-32-26(33-17-19)22-11-14-24-21(15-22)10-9-20(25(24)28)8-5-18-6-12-23(13-7-18)27(29,30)31/h6-7,9-15,19,26H,2-5,8,16-17H2,1H3. The molecule has 2 nitrogen and oxygen atoms in total. The van der Waals surface area contributed by atoms with E-state index in [2.05, 4.69) is 6.92 Å². The Bertz CT molecular complexity index is 1070. The fourth-order valence-electron chi connectivity index (χ4n) is 4.23. The molecular weight excluding hydrogens is 432 g/mol. The molecule has 3 aromatic carbocycles. The number of halogens is 4. The lowest BCUT2D eigenvalue weighted by molar-refractivity contribution is -0.206. The third kappa shape index (κ3) is 5.74. The lowest BCUT2D eigenvalue weighted by Crippen LogP contribution is -2.27. The molecule has 0 N–H and O–H groups in total. The molecule has 1 aliphatic rings. The van der Waals surface area contributed by atoms with Crippen molar-refractivity contribution in [2.75, 3.05) is 13.2 Å². The van der Waals surface area contributed by atoms with E-state index in [0.29, 0.717) is 42.9 Å². The number of benzene rings is 3. The lowest BCUT2D eigenvalue weighted by Gasteiger charge is -2.29. The molecule has 0 saturated carbocycles. The Balaban J connectivity index is 1.42. The van der Waals surface area contributed by atoms with Gasteiger partial charge in [0, 0.05) is 16.9 Å². The predicted octanol–water partition coefficient (Wildman–Crippen LogP) is 7.63. The molecular formula is C27H28F4O2. The van der Waals surface area contributed by atoms with E-state index in [1.54, 1.807) is 12.1 Å². The second-order valence-electron chi connectivity index (χ2n) is 8.72. The summed E-state index contributed by atoms with van der Waals surface area (Å²) in [5, 5.41) is 1.28. The molecule has 0 unspecified atom stereocenters. The molecule has 1 aliphatic heterocycles. The molecule has 176 valence electrons. The van der Waals surface area contributed by atoms with Crippen LogP contribution in [0.15, 0.2) is 54.6 Å². The molecule has 0 radical (unpaired) electrons. The lowest BCUT2D eigenvalue weighted by atomic mass is 9.98. The van der Waals surface area contributed by atoms with E-state index < -0.39 is 18.0 Å². The van der Waals surface area contributed by atoms with Crippen molar-refractivity contribution in [2.24, 2.45) is 5.92 Å². The van der Waals surface area contributed by atoms with Crippen LogP contribution in [-0.2, 0) is 28.5 Å². The van der Waals surface area contributed by atoms with E-state index in [1.165, 1.54) is 18.6 Å². The van der Waals surface area contributed by atoms with Crippen molar-refractivity contribution >= 4 is 10.8 Å². The van der Waals surface area contributed by atoms with Crippen LogP contribution in [0.2, 0.25) is 0 Å². The van der Waals surface area contributed by atoms with Crippen molar-refractivity contribution in [3.05, 3.63) is 82.7 Å². The van der Waals surface area contributed by atoms with Gasteiger partial charge in [0.25, 0.3) is 0 Å². The molecule has 1 heterocycles. The van der Waals surface area contributed by atoms with Gasteiger partial charge in [-0.05, 0) is 54.0 Å². The summed E-state index contributed by atoms with van der Waals surface area (Å²) < 4.78 is 65.1. The maximum Gasteiger partial charge on any atom is 0.416 e. The number of unbranched alkanes of at least 4 members (excludes halogenated alkanes) is 1. The van der Waals surface area contributed by atoms with Crippen molar-refractivity contribution < 1.29 is 27.0 Å². The first kappa shape index (κ1) is 23.7. The quantitative estimate of drug-likeness (QED) is 0.338. The number of aryl methyl sites for hydroxylation is 2. The van der Waals surface area contributed by atoms with Crippen molar-refractivity contribution in [3.63, 3.8) is 0 Å². The van der Waals surface area contributed by atoms with Crippen LogP contribution in [0.4, 0.5) is 17.6 Å². The first-order valence-corrected chi connectivity index (χ1v) is 11.5. The highest BCUT2D eigenvalue weighted by atomic mass is 19.4. The van der Waals surface area contributed by atoms with Gasteiger partial charge in [0.1, 0.15) is 5.82 Å². The minimum absolute atomic E-state index is 0.295. The molecule has 1 fully saturated rings. The monoisotopic (exact) mass is 460 g/mol. The van der Waals surface area contributed by atoms with Gasteiger partial charge in [-0.15, -0.1) is 0 Å². The maximum atomic E-state index is 15.1. The Morgan fingerprint density at radius 3 is 2.30 bits per heavy atom. The number of ether oxygens (including phenoxy) is 2. The van der Waals surface area contributed by atoms with Crippen LogP contribution >= 0.6 is 0 Å². The summed E-state index contributed by atoms with van der Waals surface area (Å²) in [5.74, 6) is 0.127. The van der Waals surface area contributed by atoms with Crippen LogP contribution in [0.25, 0.3) is 10.8 Å². The van der Waals surface area contributed by atoms with Gasteiger partial charge in [-0.2, -0.15) is 13.2 Å². The van der Waals surface area contributed by atoms with Gasteiger partial charge in [0.05, 0.1) is 18.8 Å². The van der Waals surface area contributed by atoms with Gasteiger partial charge in [-0.1, -0.05) is 56.2 Å². The van der Waals surface area contributed by atoms with E-state index in [-0.39, 0.29) is 5.82 Å². The van der Waals surface area contributed by atoms with Gasteiger partial charge in [0.2, 0.25) is 0 Å². The molecule has 0 spiro atoms. The molecule has 1 saturated heterocycles. The van der Waals surface area contributed by atoms with Crippen molar-refractivity contribution in [1.29, 1.82) is 0 Å². The van der Waals surface area contributed by atoms with Gasteiger partial charge in [-0.3, -0.25) is 0 Å². The fraction of sp³-hybridized carbons (Fsp3) is 0.407. The Morgan fingerprint density at radius 2 is 1.64 bits per heavy atom. The molecule has 0 atom stereocenters. The molecule has 0 bridgehead atoms. The van der Waals surface area contributed by atoms with Crippen LogP contribution in [0.3, 0.4) is 0 Å². The summed E-state index contributed by atoms with van der Waals surface area (Å²) >= 11 is 0. The van der Waals surface area contributed by atoms with Gasteiger partial charge in [-0.25, -0.2) is 4.39 Å². The molecule has 0 aliphatic carbocycles. The Hall–Kier alpha value is -2.44. The molecule has 33 heavy (non-hydrogen) atoms. The minimum atomic E-state index is -4.35. The molecule has 0 amide bonds. The highest BCUT2D eigenvalue weighted by Crippen LogP contribution is 2.32. The van der Waals surface area contributed by atoms with Crippen LogP contribution in [-0.4, -0.2) is 13.2 Å². The highest BCUT2D eigenvalue weighted by molar-refractivity contribution is 5.84. The summed E-state index contributed by atoms with van der Waals surface area (Å²) in [6.45, 7) is 3.50. The zero-order valence-corrected chi connectivity index (χ0v) is 18.6. The summed E-state index contributed by atoms with van der Waals surface area (Å²) in [6, 6.07) is 14.1. The van der Waals surface area contributed by atoms with E-state index >= 15 is 4.39 Å². The Morgan fingerprint density at radius 1 is 0.909 bits per heavy atom. The fourth-order valence-corrected chi connectivity index (χ4v) is 4.23. The summed E-state index contributed by atoms with van der Waals surface area (Å²) in [6.07, 6.45) is -0.506. The van der Waals surface area contributed by atoms with Crippen LogP contribution < -0.4 is 0 Å². The topological polar surface area (TPSA) is 18.5 Å². The van der Waals surface area contributed by atoms with E-state index in [9.17, 15) is 13.2 Å². The average molecular weight is 461 g/mol. The van der Waals surface area contributed by atoms with Crippen molar-refractivity contribution in [2.45, 2.75) is 51.5 Å². The SMILES string of the molecule is CCCCC1COC(c2ccc3c(F)c(CCc4ccc(C(F)(F)F)cc4)ccc3c2)OC1. The zero-order valence-electron chi connectivity index (χ0n) is 18.6. The van der Waals surface area contributed by atoms with E-state index in [1.807, 2.05) is 18.2 Å². The molecule has 4 rings (SSSR count). The van der Waals surface area contributed by atoms with Crippen molar-refractivity contribution in [1.82, 2.24) is 0 Å². The first-order valence-electron chi connectivity index (χ1n) is 11.5. The molecule has 3 aromatic rings. The third-order valence-electron chi connectivity index (χ3n) is 6.23. The Labute approximate surface area is 191 Å². The second-order valence-corrected chi connectivity index (χ2v) is 8.72. The highest BCUT2D eigenvalue weighted by Gasteiger charge is 2.30. The van der Waals surface area contributed by atoms with Crippen LogP contribution in [0.1, 0.15) is 54.7 Å². The Kier molecular flexibility index (Phi) is 7.35. The maximum absolute atomic E-state index is 15.1. The van der Waals surface area contributed by atoms with Gasteiger partial charge < -0.3 is 9.47 Å². The second kappa shape index (κ2) is 10.2. The first-order chi connectivity index (χ1) is 15.8.